The first-order valence-electron chi connectivity index (χ1n) is 9.50. The summed E-state index contributed by atoms with van der Waals surface area (Å²) < 4.78 is 2.16. The van der Waals surface area contributed by atoms with E-state index in [4.69, 9.17) is 0 Å². The van der Waals surface area contributed by atoms with Gasteiger partial charge in [0, 0.05) is 17.1 Å². The molecule has 2 heterocycles. The van der Waals surface area contributed by atoms with Crippen molar-refractivity contribution in [2.24, 2.45) is 0 Å². The van der Waals surface area contributed by atoms with Gasteiger partial charge in [-0.15, -0.1) is 0 Å². The van der Waals surface area contributed by atoms with Gasteiger partial charge >= 0.3 is 0 Å². The fraction of sp³-hybridized carbons (Fsp3) is 0.167. The normalized spacial score (nSPS) is 15.6. The van der Waals surface area contributed by atoms with Crippen molar-refractivity contribution in [3.05, 3.63) is 93.6 Å². The van der Waals surface area contributed by atoms with E-state index in [1.54, 1.807) is 0 Å². The molecule has 4 rings (SSSR count). The number of imide groups is 1. The van der Waals surface area contributed by atoms with Crippen LogP contribution in [0.5, 0.6) is 0 Å². The maximum atomic E-state index is 12.9. The zero-order valence-electron chi connectivity index (χ0n) is 16.7. The van der Waals surface area contributed by atoms with Crippen LogP contribution in [0, 0.1) is 20.8 Å². The predicted octanol–water partition coefficient (Wildman–Crippen LogP) is 5.64. The van der Waals surface area contributed by atoms with Gasteiger partial charge in [0.25, 0.3) is 11.1 Å². The van der Waals surface area contributed by atoms with Gasteiger partial charge in [-0.3, -0.25) is 14.5 Å². The lowest BCUT2D eigenvalue weighted by Crippen LogP contribution is -2.27. The number of para-hydroxylation sites is 1. The van der Waals surface area contributed by atoms with E-state index in [0.29, 0.717) is 11.4 Å². The van der Waals surface area contributed by atoms with E-state index in [-0.39, 0.29) is 11.1 Å². The van der Waals surface area contributed by atoms with E-state index in [2.05, 4.69) is 22.8 Å². The summed E-state index contributed by atoms with van der Waals surface area (Å²) in [5.74, 6) is -0.229. The lowest BCUT2D eigenvalue weighted by molar-refractivity contribution is -0.123. The van der Waals surface area contributed by atoms with Crippen molar-refractivity contribution >= 4 is 29.0 Å². The summed E-state index contributed by atoms with van der Waals surface area (Å²) >= 11 is 1.01. The molecule has 5 heteroatoms. The highest BCUT2D eigenvalue weighted by atomic mass is 32.2. The first-order chi connectivity index (χ1) is 14.0. The smallest absolute Gasteiger partial charge is 0.293 e. The Morgan fingerprint density at radius 1 is 0.931 bits per heavy atom. The molecule has 0 spiro atoms. The summed E-state index contributed by atoms with van der Waals surface area (Å²) in [6.07, 6.45) is 1.84. The number of carbonyl (C=O) groups is 2. The third kappa shape index (κ3) is 3.66. The summed E-state index contributed by atoms with van der Waals surface area (Å²) in [5, 5.41) is -0.221. The number of benzene rings is 2. The van der Waals surface area contributed by atoms with Crippen LogP contribution in [0.3, 0.4) is 0 Å². The number of aromatic nitrogens is 1. The van der Waals surface area contributed by atoms with Gasteiger partial charge in [-0.05, 0) is 73.5 Å². The molecule has 146 valence electrons. The average Bonchev–Trinajstić information content (AvgIpc) is 3.13. The van der Waals surface area contributed by atoms with Crippen molar-refractivity contribution in [3.8, 4) is 5.69 Å². The Morgan fingerprint density at radius 2 is 1.62 bits per heavy atom. The second kappa shape index (κ2) is 7.76. The van der Waals surface area contributed by atoms with Crippen LogP contribution < -0.4 is 0 Å². The fourth-order valence-corrected chi connectivity index (χ4v) is 4.47. The third-order valence-electron chi connectivity index (χ3n) is 5.23. The van der Waals surface area contributed by atoms with Crippen molar-refractivity contribution in [1.29, 1.82) is 0 Å². The first kappa shape index (κ1) is 19.3. The highest BCUT2D eigenvalue weighted by molar-refractivity contribution is 8.18. The molecular weight excluding hydrogens is 380 g/mol. The number of thioether (sulfide) groups is 1. The fourth-order valence-electron chi connectivity index (χ4n) is 3.64. The molecule has 0 bridgehead atoms. The van der Waals surface area contributed by atoms with Gasteiger partial charge in [0.1, 0.15) is 0 Å². The zero-order valence-corrected chi connectivity index (χ0v) is 17.5. The van der Waals surface area contributed by atoms with E-state index >= 15 is 0 Å². The molecule has 1 saturated heterocycles. The second-order valence-corrected chi connectivity index (χ2v) is 8.18. The Labute approximate surface area is 174 Å². The van der Waals surface area contributed by atoms with Crippen LogP contribution in [0.25, 0.3) is 11.8 Å². The predicted molar refractivity (Wildman–Crippen MR) is 118 cm³/mol. The third-order valence-corrected chi connectivity index (χ3v) is 6.14. The quantitative estimate of drug-likeness (QED) is 0.531. The molecule has 1 aliphatic heterocycles. The Morgan fingerprint density at radius 3 is 2.34 bits per heavy atom. The van der Waals surface area contributed by atoms with Crippen molar-refractivity contribution in [1.82, 2.24) is 9.47 Å². The number of nitrogens with zero attached hydrogens (tertiary/aromatic N) is 2. The van der Waals surface area contributed by atoms with Crippen LogP contribution >= 0.6 is 11.8 Å². The Bertz CT molecular complexity index is 1130. The van der Waals surface area contributed by atoms with Gasteiger partial charge in [0.2, 0.25) is 0 Å². The molecule has 0 N–H and O–H groups in total. The molecule has 0 aliphatic carbocycles. The minimum Gasteiger partial charge on any atom is -0.318 e. The number of hydrogen-bond acceptors (Lipinski definition) is 3. The number of amides is 2. The van der Waals surface area contributed by atoms with E-state index < -0.39 is 0 Å². The lowest BCUT2D eigenvalue weighted by Gasteiger charge is -2.14. The van der Waals surface area contributed by atoms with E-state index in [9.17, 15) is 9.59 Å². The Hall–Kier alpha value is -3.05. The minimum absolute atomic E-state index is 0.221. The Kier molecular flexibility index (Phi) is 5.16. The largest absolute Gasteiger partial charge is 0.318 e. The molecule has 4 nitrogen and oxygen atoms in total. The van der Waals surface area contributed by atoms with Crippen molar-refractivity contribution in [2.45, 2.75) is 27.3 Å². The highest BCUT2D eigenvalue weighted by Gasteiger charge is 2.35. The minimum atomic E-state index is -0.229. The van der Waals surface area contributed by atoms with Crippen LogP contribution in [0.2, 0.25) is 0 Å². The van der Waals surface area contributed by atoms with Crippen LogP contribution in [-0.4, -0.2) is 20.6 Å². The van der Waals surface area contributed by atoms with Gasteiger partial charge in [0.05, 0.1) is 11.4 Å². The van der Waals surface area contributed by atoms with Crippen LogP contribution in [0.1, 0.15) is 28.1 Å². The number of carbonyl (C=O) groups excluding carboxylic acids is 2. The summed E-state index contributed by atoms with van der Waals surface area (Å²) in [6.45, 7) is 6.37. The summed E-state index contributed by atoms with van der Waals surface area (Å²) in [4.78, 5) is 27.2. The van der Waals surface area contributed by atoms with Crippen molar-refractivity contribution in [3.63, 3.8) is 0 Å². The molecule has 2 aromatic carbocycles. The van der Waals surface area contributed by atoms with Crippen LogP contribution in [0.4, 0.5) is 4.79 Å². The van der Waals surface area contributed by atoms with Gasteiger partial charge in [0.15, 0.2) is 0 Å². The topological polar surface area (TPSA) is 42.3 Å². The number of aryl methyl sites for hydroxylation is 2. The van der Waals surface area contributed by atoms with Gasteiger partial charge in [-0.1, -0.05) is 42.5 Å². The summed E-state index contributed by atoms with van der Waals surface area (Å²) in [7, 11) is 0. The molecule has 1 fully saturated rings. The monoisotopic (exact) mass is 402 g/mol. The number of rotatable bonds is 4. The molecule has 1 aromatic heterocycles. The standard InChI is InChI=1S/C24H22N2O2S/c1-16-9-7-8-10-19(16)15-25-23(27)22(29-24(25)28)14-20-13-17(2)26(18(20)3)21-11-5-4-6-12-21/h4-14H,15H2,1-3H3/b22-14-. The van der Waals surface area contributed by atoms with E-state index in [1.807, 2.05) is 69.3 Å². The van der Waals surface area contributed by atoms with E-state index in [1.165, 1.54) is 4.90 Å². The molecule has 0 unspecified atom stereocenters. The molecule has 2 amide bonds. The summed E-state index contributed by atoms with van der Waals surface area (Å²) in [6, 6.07) is 20.0. The van der Waals surface area contributed by atoms with Gasteiger partial charge in [-0.2, -0.15) is 0 Å². The molecule has 0 atom stereocenters. The maximum absolute atomic E-state index is 12.9. The first-order valence-corrected chi connectivity index (χ1v) is 10.3. The lowest BCUT2D eigenvalue weighted by atomic mass is 10.1. The number of hydrogen-bond donors (Lipinski definition) is 0. The van der Waals surface area contributed by atoms with Gasteiger partial charge < -0.3 is 4.57 Å². The Balaban J connectivity index is 1.64. The molecule has 0 radical (unpaired) electrons. The molecular formula is C24H22N2O2S. The molecule has 29 heavy (non-hydrogen) atoms. The van der Waals surface area contributed by atoms with E-state index in [0.717, 1.165) is 45.5 Å². The van der Waals surface area contributed by atoms with Crippen LogP contribution in [0.15, 0.2) is 65.6 Å². The van der Waals surface area contributed by atoms with Crippen LogP contribution in [-0.2, 0) is 11.3 Å². The van der Waals surface area contributed by atoms with Crippen molar-refractivity contribution in [2.75, 3.05) is 0 Å². The second-order valence-electron chi connectivity index (χ2n) is 7.19. The highest BCUT2D eigenvalue weighted by Crippen LogP contribution is 2.35. The average molecular weight is 403 g/mol. The van der Waals surface area contributed by atoms with Gasteiger partial charge in [-0.25, -0.2) is 0 Å². The molecule has 0 saturated carbocycles. The zero-order chi connectivity index (χ0) is 20.5. The molecule has 3 aromatic rings. The maximum Gasteiger partial charge on any atom is 0.293 e. The summed E-state index contributed by atoms with van der Waals surface area (Å²) in [5.41, 5.74) is 6.21. The van der Waals surface area contributed by atoms with Crippen molar-refractivity contribution < 1.29 is 9.59 Å². The molecule has 1 aliphatic rings. The SMILES string of the molecule is Cc1ccccc1CN1C(=O)S/C(=C\c2cc(C)n(-c3ccccc3)c2C)C1=O.